The third-order valence-electron chi connectivity index (χ3n) is 4.91. The number of nitrogens with zero attached hydrogens (tertiary/aromatic N) is 6. The maximum atomic E-state index is 13.6. The van der Waals surface area contributed by atoms with Crippen LogP contribution < -0.4 is 4.90 Å². The van der Waals surface area contributed by atoms with Gasteiger partial charge in [0.25, 0.3) is 0 Å². The number of rotatable bonds is 4. The Labute approximate surface area is 168 Å². The first-order chi connectivity index (χ1) is 13.8. The number of benzene rings is 1. The van der Waals surface area contributed by atoms with Gasteiger partial charge >= 0.3 is 0 Å². The molecule has 0 bridgehead atoms. The Morgan fingerprint density at radius 3 is 2.41 bits per heavy atom. The molecule has 152 valence electrons. The van der Waals surface area contributed by atoms with Crippen molar-refractivity contribution in [3.63, 3.8) is 0 Å². The van der Waals surface area contributed by atoms with E-state index in [0.29, 0.717) is 43.4 Å². The molecule has 0 amide bonds. The van der Waals surface area contributed by atoms with Crippen LogP contribution in [0.3, 0.4) is 0 Å². The molecule has 8 nitrogen and oxygen atoms in total. The average molecular weight is 416 g/mol. The molecular formula is C19H21FN6O2S. The Hall–Kier alpha value is -2.85. The second-order valence-electron chi connectivity index (χ2n) is 6.90. The van der Waals surface area contributed by atoms with Crippen LogP contribution in [0.4, 0.5) is 10.2 Å². The maximum absolute atomic E-state index is 13.6. The topological polar surface area (TPSA) is 84.2 Å². The van der Waals surface area contributed by atoms with Crippen LogP contribution in [0.25, 0.3) is 5.82 Å². The molecule has 1 aliphatic rings. The number of piperazine rings is 1. The van der Waals surface area contributed by atoms with E-state index in [9.17, 15) is 12.8 Å². The van der Waals surface area contributed by atoms with Crippen molar-refractivity contribution in [1.29, 1.82) is 0 Å². The van der Waals surface area contributed by atoms with Gasteiger partial charge in [-0.25, -0.2) is 27.8 Å². The first-order valence-electron chi connectivity index (χ1n) is 9.20. The van der Waals surface area contributed by atoms with Gasteiger partial charge in [0.15, 0.2) is 0 Å². The van der Waals surface area contributed by atoms with Crippen molar-refractivity contribution in [3.05, 3.63) is 60.2 Å². The molecule has 3 aromatic rings. The number of halogens is 1. The summed E-state index contributed by atoms with van der Waals surface area (Å²) < 4.78 is 42.7. The number of hydrogen-bond donors (Lipinski definition) is 0. The van der Waals surface area contributed by atoms with Crippen LogP contribution in [0.5, 0.6) is 0 Å². The molecule has 1 fully saturated rings. The highest BCUT2D eigenvalue weighted by atomic mass is 32.2. The minimum absolute atomic E-state index is 0.0197. The van der Waals surface area contributed by atoms with Crippen LogP contribution in [0.1, 0.15) is 11.4 Å². The van der Waals surface area contributed by atoms with Crippen LogP contribution in [0.15, 0.2) is 47.9 Å². The number of aromatic nitrogens is 4. The fraction of sp³-hybridized carbons (Fsp3) is 0.316. The monoisotopic (exact) mass is 416 g/mol. The minimum Gasteiger partial charge on any atom is -0.354 e. The van der Waals surface area contributed by atoms with E-state index in [1.165, 1.54) is 16.4 Å². The average Bonchev–Trinajstić information content (AvgIpc) is 3.24. The molecule has 4 rings (SSSR count). The standard InChI is InChI=1S/C19H21FN6O2S/c1-14-3-4-16(20)11-17(14)29(27,28)26-9-7-24(8-10-26)18-12-19(23-15(2)22-18)25-6-5-21-13-25/h3-6,11-13H,7-10H2,1-2H3. The Bertz CT molecular complexity index is 1130. The zero-order valence-electron chi connectivity index (χ0n) is 16.2. The number of hydrogen-bond acceptors (Lipinski definition) is 6. The zero-order valence-corrected chi connectivity index (χ0v) is 17.0. The highest BCUT2D eigenvalue weighted by molar-refractivity contribution is 7.89. The minimum atomic E-state index is -3.75. The lowest BCUT2D eigenvalue weighted by Crippen LogP contribution is -2.49. The van der Waals surface area contributed by atoms with E-state index in [2.05, 4.69) is 15.0 Å². The van der Waals surface area contributed by atoms with Crippen LogP contribution in [0.2, 0.25) is 0 Å². The fourth-order valence-corrected chi connectivity index (χ4v) is 5.03. The molecular weight excluding hydrogens is 395 g/mol. The quantitative estimate of drug-likeness (QED) is 0.646. The Kier molecular flexibility index (Phi) is 5.05. The molecule has 1 saturated heterocycles. The number of imidazole rings is 1. The Morgan fingerprint density at radius 1 is 1.00 bits per heavy atom. The summed E-state index contributed by atoms with van der Waals surface area (Å²) in [5, 5.41) is 0. The molecule has 0 aliphatic carbocycles. The highest BCUT2D eigenvalue weighted by Gasteiger charge is 2.30. The van der Waals surface area contributed by atoms with E-state index in [1.807, 2.05) is 17.9 Å². The van der Waals surface area contributed by atoms with Crippen molar-refractivity contribution >= 4 is 15.8 Å². The molecule has 0 unspecified atom stereocenters. The summed E-state index contributed by atoms with van der Waals surface area (Å²) in [4.78, 5) is 15.0. The van der Waals surface area contributed by atoms with E-state index in [4.69, 9.17) is 0 Å². The predicted molar refractivity (Wildman–Crippen MR) is 106 cm³/mol. The molecule has 1 aromatic carbocycles. The summed E-state index contributed by atoms with van der Waals surface area (Å²) in [7, 11) is -3.75. The second-order valence-corrected chi connectivity index (χ2v) is 8.81. The normalized spacial score (nSPS) is 15.6. The molecule has 0 spiro atoms. The molecule has 29 heavy (non-hydrogen) atoms. The van der Waals surface area contributed by atoms with Gasteiger partial charge in [-0.3, -0.25) is 4.57 Å². The van der Waals surface area contributed by atoms with E-state index in [-0.39, 0.29) is 4.90 Å². The summed E-state index contributed by atoms with van der Waals surface area (Å²) in [6.07, 6.45) is 5.14. The summed E-state index contributed by atoms with van der Waals surface area (Å²) in [5.74, 6) is 1.50. The van der Waals surface area contributed by atoms with Gasteiger partial charge < -0.3 is 4.90 Å². The van der Waals surface area contributed by atoms with E-state index < -0.39 is 15.8 Å². The van der Waals surface area contributed by atoms with E-state index in [0.717, 1.165) is 11.9 Å². The second kappa shape index (κ2) is 7.53. The molecule has 1 aliphatic heterocycles. The maximum Gasteiger partial charge on any atom is 0.243 e. The lowest BCUT2D eigenvalue weighted by Gasteiger charge is -2.35. The van der Waals surface area contributed by atoms with Crippen molar-refractivity contribution < 1.29 is 12.8 Å². The van der Waals surface area contributed by atoms with Gasteiger partial charge in [0.2, 0.25) is 10.0 Å². The van der Waals surface area contributed by atoms with Gasteiger partial charge in [-0.15, -0.1) is 0 Å². The third kappa shape index (κ3) is 3.85. The largest absolute Gasteiger partial charge is 0.354 e. The van der Waals surface area contributed by atoms with Crippen molar-refractivity contribution in [3.8, 4) is 5.82 Å². The van der Waals surface area contributed by atoms with Gasteiger partial charge in [0.1, 0.15) is 29.6 Å². The Balaban J connectivity index is 1.53. The van der Waals surface area contributed by atoms with Gasteiger partial charge in [0.05, 0.1) is 4.90 Å². The summed E-state index contributed by atoms with van der Waals surface area (Å²) in [5.41, 5.74) is 0.533. The molecule has 0 radical (unpaired) electrons. The number of anilines is 1. The van der Waals surface area contributed by atoms with Crippen LogP contribution >= 0.6 is 0 Å². The van der Waals surface area contributed by atoms with Crippen LogP contribution in [0, 0.1) is 19.7 Å². The molecule has 0 saturated carbocycles. The number of sulfonamides is 1. The van der Waals surface area contributed by atoms with Gasteiger partial charge in [-0.05, 0) is 31.5 Å². The van der Waals surface area contributed by atoms with Crippen molar-refractivity contribution in [2.75, 3.05) is 31.1 Å². The van der Waals surface area contributed by atoms with Crippen LogP contribution in [-0.4, -0.2) is 58.4 Å². The number of aryl methyl sites for hydroxylation is 2. The van der Waals surface area contributed by atoms with Crippen molar-refractivity contribution in [1.82, 2.24) is 23.8 Å². The SMILES string of the molecule is Cc1nc(N2CCN(S(=O)(=O)c3cc(F)ccc3C)CC2)cc(-n2ccnc2)n1. The zero-order chi connectivity index (χ0) is 20.6. The van der Waals surface area contributed by atoms with Gasteiger partial charge in [-0.2, -0.15) is 4.31 Å². The highest BCUT2D eigenvalue weighted by Crippen LogP contribution is 2.24. The lowest BCUT2D eigenvalue weighted by atomic mass is 10.2. The van der Waals surface area contributed by atoms with E-state index in [1.54, 1.807) is 30.2 Å². The molecule has 2 aromatic heterocycles. The fourth-order valence-electron chi connectivity index (χ4n) is 3.37. The summed E-state index contributed by atoms with van der Waals surface area (Å²) in [6.45, 7) is 5.03. The lowest BCUT2D eigenvalue weighted by molar-refractivity contribution is 0.383. The molecule has 3 heterocycles. The van der Waals surface area contributed by atoms with Crippen molar-refractivity contribution in [2.24, 2.45) is 0 Å². The molecule has 0 atom stereocenters. The smallest absolute Gasteiger partial charge is 0.243 e. The van der Waals surface area contributed by atoms with Gasteiger partial charge in [0, 0.05) is 44.6 Å². The molecule has 0 N–H and O–H groups in total. The summed E-state index contributed by atoms with van der Waals surface area (Å²) in [6, 6.07) is 5.69. The van der Waals surface area contributed by atoms with E-state index >= 15 is 0 Å². The van der Waals surface area contributed by atoms with Crippen molar-refractivity contribution in [2.45, 2.75) is 18.7 Å². The van der Waals surface area contributed by atoms with Crippen LogP contribution in [-0.2, 0) is 10.0 Å². The third-order valence-corrected chi connectivity index (χ3v) is 6.95. The van der Waals surface area contributed by atoms with Gasteiger partial charge in [-0.1, -0.05) is 6.07 Å². The first-order valence-corrected chi connectivity index (χ1v) is 10.6. The molecule has 10 heteroatoms. The predicted octanol–water partition coefficient (Wildman–Crippen LogP) is 1.93. The Morgan fingerprint density at radius 2 is 1.72 bits per heavy atom. The first kappa shape index (κ1) is 19.5. The summed E-state index contributed by atoms with van der Waals surface area (Å²) >= 11 is 0.